The van der Waals surface area contributed by atoms with Gasteiger partial charge in [-0.3, -0.25) is 14.4 Å². The summed E-state index contributed by atoms with van der Waals surface area (Å²) in [5.74, 6) is 0.908. The maximum absolute atomic E-state index is 12.3. The minimum atomic E-state index is 0.0900. The molecule has 0 unspecified atom stereocenters. The molecule has 0 spiro atoms. The molecule has 2 aromatic rings. The van der Waals surface area contributed by atoms with Gasteiger partial charge in [-0.05, 0) is 24.7 Å². The quantitative estimate of drug-likeness (QED) is 0.777. The molecule has 0 N–H and O–H groups in total. The summed E-state index contributed by atoms with van der Waals surface area (Å²) in [7, 11) is 7.29. The van der Waals surface area contributed by atoms with Gasteiger partial charge in [-0.15, -0.1) is 0 Å². The highest BCUT2D eigenvalue weighted by Crippen LogP contribution is 2.12. The van der Waals surface area contributed by atoms with Gasteiger partial charge in [-0.1, -0.05) is 12.1 Å². The monoisotopic (exact) mass is 316 g/mol. The van der Waals surface area contributed by atoms with Crippen LogP contribution < -0.4 is 4.74 Å². The summed E-state index contributed by atoms with van der Waals surface area (Å²) in [4.78, 5) is 16.0. The first-order valence-corrected chi connectivity index (χ1v) is 7.51. The molecule has 124 valence electrons. The van der Waals surface area contributed by atoms with Crippen LogP contribution >= 0.6 is 0 Å². The number of hydrogen-bond acceptors (Lipinski definition) is 4. The molecule has 1 heterocycles. The van der Waals surface area contributed by atoms with Gasteiger partial charge >= 0.3 is 0 Å². The minimum Gasteiger partial charge on any atom is -0.497 e. The Morgan fingerprint density at radius 2 is 1.87 bits per heavy atom. The summed E-state index contributed by atoms with van der Waals surface area (Å²) < 4.78 is 6.90. The zero-order valence-corrected chi connectivity index (χ0v) is 14.2. The lowest BCUT2D eigenvalue weighted by Crippen LogP contribution is -2.36. The van der Waals surface area contributed by atoms with Crippen molar-refractivity contribution in [2.75, 3.05) is 27.7 Å². The van der Waals surface area contributed by atoms with Gasteiger partial charge in [0.2, 0.25) is 5.91 Å². The first kappa shape index (κ1) is 17.0. The van der Waals surface area contributed by atoms with E-state index in [0.717, 1.165) is 16.9 Å². The number of likely N-dealkylation sites (N-methyl/N-ethyl adjacent to an activating group) is 2. The van der Waals surface area contributed by atoms with Crippen molar-refractivity contribution >= 4 is 5.91 Å². The smallest absolute Gasteiger partial charge is 0.236 e. The second-order valence-corrected chi connectivity index (χ2v) is 5.79. The largest absolute Gasteiger partial charge is 0.497 e. The fourth-order valence-electron chi connectivity index (χ4n) is 2.37. The summed E-state index contributed by atoms with van der Waals surface area (Å²) in [5.41, 5.74) is 2.18. The summed E-state index contributed by atoms with van der Waals surface area (Å²) in [6, 6.07) is 7.76. The van der Waals surface area contributed by atoms with E-state index in [9.17, 15) is 4.79 Å². The second kappa shape index (κ2) is 7.78. The van der Waals surface area contributed by atoms with Crippen molar-refractivity contribution in [1.82, 2.24) is 19.6 Å². The Bertz CT molecular complexity index is 636. The van der Waals surface area contributed by atoms with Crippen LogP contribution in [-0.2, 0) is 24.9 Å². The van der Waals surface area contributed by atoms with E-state index in [2.05, 4.69) is 5.10 Å². The molecule has 1 amide bonds. The number of carbonyl (C=O) groups is 1. The third-order valence-corrected chi connectivity index (χ3v) is 3.62. The molecule has 0 aliphatic carbocycles. The van der Waals surface area contributed by atoms with Crippen molar-refractivity contribution in [3.05, 3.63) is 47.8 Å². The Kier molecular flexibility index (Phi) is 5.76. The summed E-state index contributed by atoms with van der Waals surface area (Å²) >= 11 is 0. The van der Waals surface area contributed by atoms with Crippen LogP contribution in [0.2, 0.25) is 0 Å². The van der Waals surface area contributed by atoms with Crippen molar-refractivity contribution in [3.63, 3.8) is 0 Å². The predicted octanol–water partition coefficient (Wildman–Crippen LogP) is 1.52. The van der Waals surface area contributed by atoms with Crippen molar-refractivity contribution in [1.29, 1.82) is 0 Å². The average Bonchev–Trinajstić information content (AvgIpc) is 2.92. The van der Waals surface area contributed by atoms with Gasteiger partial charge in [0, 0.05) is 38.9 Å². The Morgan fingerprint density at radius 1 is 1.17 bits per heavy atom. The van der Waals surface area contributed by atoms with Crippen LogP contribution in [0, 0.1) is 0 Å². The van der Waals surface area contributed by atoms with Crippen molar-refractivity contribution < 1.29 is 9.53 Å². The van der Waals surface area contributed by atoms with E-state index in [1.165, 1.54) is 0 Å². The lowest BCUT2D eigenvalue weighted by molar-refractivity contribution is -0.131. The van der Waals surface area contributed by atoms with Crippen LogP contribution in [-0.4, -0.2) is 53.2 Å². The van der Waals surface area contributed by atoms with E-state index >= 15 is 0 Å². The number of nitrogens with zero attached hydrogens (tertiary/aromatic N) is 4. The number of amides is 1. The molecule has 0 atom stereocenters. The Labute approximate surface area is 137 Å². The van der Waals surface area contributed by atoms with Crippen LogP contribution in [0.25, 0.3) is 0 Å². The standard InChI is InChI=1S/C17H24N4O2/c1-19(10-15-9-18-21(3)12-15)13-17(22)20(2)11-14-5-7-16(23-4)8-6-14/h5-9,12H,10-11,13H2,1-4H3. The number of carbonyl (C=O) groups excluding carboxylic acids is 1. The fraction of sp³-hybridized carbons (Fsp3) is 0.412. The highest BCUT2D eigenvalue weighted by molar-refractivity contribution is 5.77. The predicted molar refractivity (Wildman–Crippen MR) is 89.0 cm³/mol. The third-order valence-electron chi connectivity index (χ3n) is 3.62. The molecule has 0 aliphatic heterocycles. The minimum absolute atomic E-state index is 0.0900. The maximum atomic E-state index is 12.3. The molecule has 6 heteroatoms. The summed E-state index contributed by atoms with van der Waals surface area (Å²) in [6.07, 6.45) is 3.78. The van der Waals surface area contributed by atoms with Crippen LogP contribution in [0.5, 0.6) is 5.75 Å². The summed E-state index contributed by atoms with van der Waals surface area (Å²) in [6.45, 7) is 1.67. The molecule has 0 aliphatic rings. The molecule has 2 rings (SSSR count). The Balaban J connectivity index is 1.83. The zero-order valence-electron chi connectivity index (χ0n) is 14.2. The first-order valence-electron chi connectivity index (χ1n) is 7.51. The number of hydrogen-bond donors (Lipinski definition) is 0. The van der Waals surface area contributed by atoms with Gasteiger partial charge in [-0.2, -0.15) is 5.10 Å². The van der Waals surface area contributed by atoms with Gasteiger partial charge in [0.15, 0.2) is 0 Å². The van der Waals surface area contributed by atoms with Gasteiger partial charge in [0.1, 0.15) is 5.75 Å². The van der Waals surface area contributed by atoms with Gasteiger partial charge in [0.25, 0.3) is 0 Å². The number of aryl methyl sites for hydroxylation is 1. The highest BCUT2D eigenvalue weighted by Gasteiger charge is 2.13. The van der Waals surface area contributed by atoms with Crippen LogP contribution in [0.1, 0.15) is 11.1 Å². The third kappa shape index (κ3) is 5.10. The van der Waals surface area contributed by atoms with E-state index in [1.807, 2.05) is 62.7 Å². The fourth-order valence-corrected chi connectivity index (χ4v) is 2.37. The molecule has 23 heavy (non-hydrogen) atoms. The summed E-state index contributed by atoms with van der Waals surface area (Å²) in [5, 5.41) is 4.14. The lowest BCUT2D eigenvalue weighted by atomic mass is 10.2. The van der Waals surface area contributed by atoms with Crippen LogP contribution in [0.3, 0.4) is 0 Å². The van der Waals surface area contributed by atoms with Gasteiger partial charge in [0.05, 0.1) is 19.9 Å². The van der Waals surface area contributed by atoms with Crippen LogP contribution in [0.15, 0.2) is 36.7 Å². The molecule has 0 radical (unpaired) electrons. The molecule has 6 nitrogen and oxygen atoms in total. The average molecular weight is 316 g/mol. The van der Waals surface area contributed by atoms with E-state index in [4.69, 9.17) is 4.74 Å². The number of methoxy groups -OCH3 is 1. The number of ether oxygens (including phenoxy) is 1. The molecule has 1 aromatic carbocycles. The topological polar surface area (TPSA) is 50.6 Å². The molecule has 0 saturated carbocycles. The Hall–Kier alpha value is -2.34. The second-order valence-electron chi connectivity index (χ2n) is 5.79. The van der Waals surface area contributed by atoms with Crippen molar-refractivity contribution in [2.45, 2.75) is 13.1 Å². The molecular weight excluding hydrogens is 292 g/mol. The molecular formula is C17H24N4O2. The molecule has 0 fully saturated rings. The highest BCUT2D eigenvalue weighted by atomic mass is 16.5. The molecule has 0 saturated heterocycles. The number of rotatable bonds is 7. The Morgan fingerprint density at radius 3 is 2.43 bits per heavy atom. The SMILES string of the molecule is COc1ccc(CN(C)C(=O)CN(C)Cc2cnn(C)c2)cc1. The van der Waals surface area contributed by atoms with E-state index in [-0.39, 0.29) is 5.91 Å². The van der Waals surface area contributed by atoms with E-state index < -0.39 is 0 Å². The molecule has 1 aromatic heterocycles. The van der Waals surface area contributed by atoms with E-state index in [0.29, 0.717) is 19.6 Å². The zero-order chi connectivity index (χ0) is 16.8. The number of aromatic nitrogens is 2. The van der Waals surface area contributed by atoms with Crippen LogP contribution in [0.4, 0.5) is 0 Å². The maximum Gasteiger partial charge on any atom is 0.236 e. The first-order chi connectivity index (χ1) is 11.0. The molecule has 0 bridgehead atoms. The van der Waals surface area contributed by atoms with Crippen molar-refractivity contribution in [2.24, 2.45) is 7.05 Å². The normalized spacial score (nSPS) is 10.8. The van der Waals surface area contributed by atoms with Gasteiger partial charge < -0.3 is 9.64 Å². The van der Waals surface area contributed by atoms with Crippen molar-refractivity contribution in [3.8, 4) is 5.75 Å². The van der Waals surface area contributed by atoms with Gasteiger partial charge in [-0.25, -0.2) is 0 Å². The van der Waals surface area contributed by atoms with E-state index in [1.54, 1.807) is 16.7 Å². The number of benzene rings is 1. The lowest BCUT2D eigenvalue weighted by Gasteiger charge is -2.21.